The summed E-state index contributed by atoms with van der Waals surface area (Å²) < 4.78 is 27.6. The standard InChI is InChI=1S/C34H41N5O8/c1-19(2)46-33(42)29-21(4)37-20(3)28(30(29)25-9-8-10-26-31(25)39-47-38-26)32(41)44-14-13-43-24-11-12-27(22(15-24)16-35)45-18-23(40)17-36-34(5,6)7/h8-12,15,19,23,30,36-37,40H,13-14,17-18H2,1-7H3/t23-,30-/m0/s1. The lowest BCUT2D eigenvalue weighted by molar-refractivity contribution is -0.143. The van der Waals surface area contributed by atoms with Crippen molar-refractivity contribution in [3.05, 3.63) is 70.1 Å². The molecule has 13 nitrogen and oxygen atoms in total. The maximum Gasteiger partial charge on any atom is 0.337 e. The van der Waals surface area contributed by atoms with Crippen molar-refractivity contribution >= 4 is 23.0 Å². The van der Waals surface area contributed by atoms with Crippen LogP contribution >= 0.6 is 0 Å². The van der Waals surface area contributed by atoms with Crippen LogP contribution in [0.5, 0.6) is 11.5 Å². The first kappa shape index (κ1) is 34.9. The van der Waals surface area contributed by atoms with Crippen LogP contribution in [-0.4, -0.2) is 71.5 Å². The molecule has 2 atom stereocenters. The second kappa shape index (κ2) is 15.1. The molecule has 13 heteroatoms. The Morgan fingerprint density at radius 2 is 1.79 bits per heavy atom. The Labute approximate surface area is 273 Å². The van der Waals surface area contributed by atoms with E-state index in [1.807, 2.05) is 20.8 Å². The van der Waals surface area contributed by atoms with Gasteiger partial charge in [0.2, 0.25) is 0 Å². The average molecular weight is 648 g/mol. The number of hydrogen-bond donors (Lipinski definition) is 3. The number of dihydropyridines is 1. The summed E-state index contributed by atoms with van der Waals surface area (Å²) in [5.41, 5.74) is 2.96. The van der Waals surface area contributed by atoms with Gasteiger partial charge in [0.15, 0.2) is 0 Å². The van der Waals surface area contributed by atoms with Crippen molar-refractivity contribution in [3.63, 3.8) is 0 Å². The second-order valence-electron chi connectivity index (χ2n) is 12.4. The Balaban J connectivity index is 1.44. The van der Waals surface area contributed by atoms with Crippen LogP contribution in [0.3, 0.4) is 0 Å². The van der Waals surface area contributed by atoms with Crippen molar-refractivity contribution in [1.82, 2.24) is 20.9 Å². The van der Waals surface area contributed by atoms with Crippen molar-refractivity contribution in [1.29, 1.82) is 5.26 Å². The predicted octanol–water partition coefficient (Wildman–Crippen LogP) is 4.03. The Hall–Kier alpha value is -4.93. The zero-order chi connectivity index (χ0) is 34.3. The van der Waals surface area contributed by atoms with Gasteiger partial charge in [0, 0.05) is 29.5 Å². The number of fused-ring (bicyclic) bond motifs is 1. The van der Waals surface area contributed by atoms with Crippen molar-refractivity contribution in [2.45, 2.75) is 72.1 Å². The molecule has 0 radical (unpaired) electrons. The number of benzene rings is 2. The molecule has 1 aromatic heterocycles. The maximum absolute atomic E-state index is 13.7. The van der Waals surface area contributed by atoms with E-state index < -0.39 is 30.1 Å². The summed E-state index contributed by atoms with van der Waals surface area (Å²) in [4.78, 5) is 27.0. The molecule has 3 N–H and O–H groups in total. The Morgan fingerprint density at radius 1 is 1.06 bits per heavy atom. The summed E-state index contributed by atoms with van der Waals surface area (Å²) in [6, 6.07) is 12.0. The molecule has 3 aromatic rings. The van der Waals surface area contributed by atoms with Gasteiger partial charge >= 0.3 is 11.9 Å². The Kier molecular flexibility index (Phi) is 11.2. The molecule has 0 amide bonds. The van der Waals surface area contributed by atoms with E-state index in [1.54, 1.807) is 58.0 Å². The van der Waals surface area contributed by atoms with Gasteiger partial charge in [-0.25, -0.2) is 14.2 Å². The van der Waals surface area contributed by atoms with Gasteiger partial charge in [-0.2, -0.15) is 5.26 Å². The van der Waals surface area contributed by atoms with Crippen LogP contribution in [0.25, 0.3) is 11.0 Å². The molecule has 0 saturated carbocycles. The number of β-amino-alcohol motifs (C(OH)–C–C–N with tert-alkyl or cyclic N) is 1. The zero-order valence-corrected chi connectivity index (χ0v) is 27.7. The number of aliphatic hydroxyl groups is 1. The minimum atomic E-state index is -0.875. The van der Waals surface area contributed by atoms with Crippen molar-refractivity contribution in [3.8, 4) is 17.6 Å². The summed E-state index contributed by atoms with van der Waals surface area (Å²) >= 11 is 0. The van der Waals surface area contributed by atoms with Gasteiger partial charge in [0.25, 0.3) is 0 Å². The molecule has 0 bridgehead atoms. The summed E-state index contributed by atoms with van der Waals surface area (Å²) in [6.07, 6.45) is -1.15. The van der Waals surface area contributed by atoms with E-state index in [0.717, 1.165) is 0 Å². The zero-order valence-electron chi connectivity index (χ0n) is 27.7. The molecule has 0 spiro atoms. The van der Waals surface area contributed by atoms with Crippen LogP contribution in [0.15, 0.2) is 63.6 Å². The van der Waals surface area contributed by atoms with Crippen LogP contribution < -0.4 is 20.1 Å². The quantitative estimate of drug-likeness (QED) is 0.179. The van der Waals surface area contributed by atoms with Gasteiger partial charge in [-0.3, -0.25) is 0 Å². The molecule has 4 rings (SSSR count). The first-order chi connectivity index (χ1) is 22.3. The molecule has 0 unspecified atom stereocenters. The van der Waals surface area contributed by atoms with E-state index in [-0.39, 0.29) is 42.1 Å². The smallest absolute Gasteiger partial charge is 0.337 e. The Morgan fingerprint density at radius 3 is 2.47 bits per heavy atom. The first-order valence-electron chi connectivity index (χ1n) is 15.3. The van der Waals surface area contributed by atoms with Gasteiger partial charge < -0.3 is 34.7 Å². The molecular weight excluding hydrogens is 606 g/mol. The number of carbonyl (C=O) groups excluding carboxylic acids is 2. The van der Waals surface area contributed by atoms with Gasteiger partial charge in [0.05, 0.1) is 28.7 Å². The number of hydrogen-bond acceptors (Lipinski definition) is 13. The number of nitrogens with zero attached hydrogens (tertiary/aromatic N) is 3. The van der Waals surface area contributed by atoms with E-state index in [4.69, 9.17) is 23.6 Å². The highest BCUT2D eigenvalue weighted by atomic mass is 16.6. The number of aliphatic hydroxyl groups excluding tert-OH is 1. The van der Waals surface area contributed by atoms with Crippen LogP contribution in [0.1, 0.15) is 65.5 Å². The average Bonchev–Trinajstić information content (AvgIpc) is 3.49. The normalized spacial score (nSPS) is 15.7. The Bertz CT molecular complexity index is 1710. The number of nitriles is 1. The third-order valence-corrected chi connectivity index (χ3v) is 7.13. The SMILES string of the molecule is CC1=C(C(=O)OCCOc2ccc(OC[C@@H](O)CNC(C)(C)C)c(C#N)c2)[C@H](c2cccc3nonc23)C(C(=O)OC(C)C)=C(C)N1. The minimum absolute atomic E-state index is 0.00628. The fourth-order valence-corrected chi connectivity index (χ4v) is 5.04. The molecule has 1 aliphatic heterocycles. The number of esters is 2. The molecule has 0 saturated heterocycles. The summed E-state index contributed by atoms with van der Waals surface area (Å²) in [6.45, 7) is 13.1. The molecule has 1 aliphatic rings. The largest absolute Gasteiger partial charge is 0.490 e. The van der Waals surface area contributed by atoms with E-state index in [1.165, 1.54) is 6.07 Å². The van der Waals surface area contributed by atoms with Gasteiger partial charge in [-0.15, -0.1) is 0 Å². The van der Waals surface area contributed by atoms with E-state index in [0.29, 0.717) is 46.0 Å². The van der Waals surface area contributed by atoms with Crippen molar-refractivity contribution in [2.75, 3.05) is 26.4 Å². The van der Waals surface area contributed by atoms with E-state index in [2.05, 4.69) is 27.0 Å². The van der Waals surface area contributed by atoms with Crippen LogP contribution in [-0.2, 0) is 19.1 Å². The fourth-order valence-electron chi connectivity index (χ4n) is 5.04. The number of rotatable bonds is 13. The third kappa shape index (κ3) is 8.87. The summed E-state index contributed by atoms with van der Waals surface area (Å²) in [7, 11) is 0. The van der Waals surface area contributed by atoms with E-state index in [9.17, 15) is 20.0 Å². The molecule has 47 heavy (non-hydrogen) atoms. The highest BCUT2D eigenvalue weighted by molar-refractivity contribution is 6.01. The molecule has 250 valence electrons. The fraction of sp³-hybridized carbons (Fsp3) is 0.441. The van der Waals surface area contributed by atoms with Crippen LogP contribution in [0, 0.1) is 11.3 Å². The number of aromatic nitrogens is 2. The number of nitrogens with one attached hydrogen (secondary N) is 2. The van der Waals surface area contributed by atoms with Crippen molar-refractivity contribution < 1.29 is 38.3 Å². The maximum atomic E-state index is 13.7. The second-order valence-corrected chi connectivity index (χ2v) is 12.4. The van der Waals surface area contributed by atoms with E-state index >= 15 is 0 Å². The van der Waals surface area contributed by atoms with Gasteiger partial charge in [-0.05, 0) is 82.5 Å². The monoisotopic (exact) mass is 647 g/mol. The number of ether oxygens (including phenoxy) is 4. The lowest BCUT2D eigenvalue weighted by atomic mass is 9.80. The summed E-state index contributed by atoms with van der Waals surface area (Å²) in [5.74, 6) is -1.44. The van der Waals surface area contributed by atoms with Gasteiger partial charge in [0.1, 0.15) is 54.5 Å². The number of carbonyl (C=O) groups is 2. The molecule has 0 fully saturated rings. The lowest BCUT2D eigenvalue weighted by Crippen LogP contribution is -2.42. The van der Waals surface area contributed by atoms with Crippen LogP contribution in [0.2, 0.25) is 0 Å². The highest BCUT2D eigenvalue weighted by Crippen LogP contribution is 2.41. The van der Waals surface area contributed by atoms with Crippen LogP contribution in [0.4, 0.5) is 0 Å². The molecule has 0 aliphatic carbocycles. The molecule has 2 aromatic carbocycles. The minimum Gasteiger partial charge on any atom is -0.490 e. The summed E-state index contributed by atoms with van der Waals surface area (Å²) in [5, 5.41) is 34.1. The topological polar surface area (TPSA) is 178 Å². The molecule has 2 heterocycles. The predicted molar refractivity (Wildman–Crippen MR) is 171 cm³/mol. The third-order valence-electron chi connectivity index (χ3n) is 7.13. The number of allylic oxidation sites excluding steroid dienone is 2. The lowest BCUT2D eigenvalue weighted by Gasteiger charge is -2.30. The highest BCUT2D eigenvalue weighted by Gasteiger charge is 2.39. The first-order valence-corrected chi connectivity index (χ1v) is 15.3. The molecular formula is C34H41N5O8. The van der Waals surface area contributed by atoms with Gasteiger partial charge in [-0.1, -0.05) is 12.1 Å². The van der Waals surface area contributed by atoms with Crippen molar-refractivity contribution in [2.24, 2.45) is 0 Å².